The van der Waals surface area contributed by atoms with Crippen LogP contribution in [0.2, 0.25) is 0 Å². The van der Waals surface area contributed by atoms with Gasteiger partial charge in [-0.15, -0.1) is 10.2 Å². The maximum atomic E-state index is 11.3. The van der Waals surface area contributed by atoms with E-state index in [2.05, 4.69) is 15.5 Å². The van der Waals surface area contributed by atoms with Crippen molar-refractivity contribution in [1.82, 2.24) is 10.2 Å². The molecule has 0 aliphatic heterocycles. The van der Waals surface area contributed by atoms with Crippen molar-refractivity contribution in [3.63, 3.8) is 0 Å². The molecule has 0 radical (unpaired) electrons. The fraction of sp³-hybridized carbons (Fsp3) is 0.308. The van der Waals surface area contributed by atoms with Gasteiger partial charge in [0.15, 0.2) is 4.34 Å². The van der Waals surface area contributed by atoms with Gasteiger partial charge in [0.05, 0.1) is 19.5 Å². The van der Waals surface area contributed by atoms with E-state index in [9.17, 15) is 4.79 Å². The molecule has 0 unspecified atom stereocenters. The monoisotopic (exact) mass is 325 g/mol. The van der Waals surface area contributed by atoms with Gasteiger partial charge < -0.3 is 14.8 Å². The Morgan fingerprint density at radius 3 is 3.05 bits per heavy atom. The predicted octanol–water partition coefficient (Wildman–Crippen LogP) is 2.95. The number of methoxy groups -OCH3 is 1. The molecule has 112 valence electrons. The largest absolute Gasteiger partial charge is 0.497 e. The molecule has 0 amide bonds. The number of carbonyl (C=O) groups excluding carboxylic acids is 1. The Bertz CT molecular complexity index is 604. The van der Waals surface area contributed by atoms with E-state index in [0.29, 0.717) is 16.1 Å². The molecule has 0 saturated heterocycles. The minimum atomic E-state index is -0.250. The molecule has 1 aromatic carbocycles. The third kappa shape index (κ3) is 4.91. The van der Waals surface area contributed by atoms with Gasteiger partial charge in [-0.2, -0.15) is 0 Å². The Morgan fingerprint density at radius 1 is 1.43 bits per heavy atom. The summed E-state index contributed by atoms with van der Waals surface area (Å²) in [4.78, 5) is 11.3. The van der Waals surface area contributed by atoms with E-state index in [-0.39, 0.29) is 11.7 Å². The van der Waals surface area contributed by atoms with Crippen molar-refractivity contribution in [2.24, 2.45) is 0 Å². The first-order chi connectivity index (χ1) is 10.2. The van der Waals surface area contributed by atoms with Crippen molar-refractivity contribution in [2.75, 3.05) is 24.8 Å². The molecular formula is C13H15N3O3S2. The SMILES string of the molecule is CCOC(=O)CSc1nnc(Nc2cccc(OC)c2)s1. The fourth-order valence-corrected chi connectivity index (χ4v) is 3.04. The van der Waals surface area contributed by atoms with Gasteiger partial charge in [0, 0.05) is 11.8 Å². The summed E-state index contributed by atoms with van der Waals surface area (Å²) < 4.78 is 10.7. The van der Waals surface area contributed by atoms with E-state index < -0.39 is 0 Å². The van der Waals surface area contributed by atoms with E-state index in [4.69, 9.17) is 9.47 Å². The number of aromatic nitrogens is 2. The number of hydrogen-bond acceptors (Lipinski definition) is 8. The number of nitrogens with one attached hydrogen (secondary N) is 1. The molecule has 8 heteroatoms. The molecule has 21 heavy (non-hydrogen) atoms. The molecule has 0 aliphatic rings. The number of esters is 1. The normalized spacial score (nSPS) is 10.2. The number of nitrogens with zero attached hydrogens (tertiary/aromatic N) is 2. The Labute approximate surface area is 130 Å². The van der Waals surface area contributed by atoms with Gasteiger partial charge in [0.1, 0.15) is 5.75 Å². The predicted molar refractivity (Wildman–Crippen MR) is 83.5 cm³/mol. The van der Waals surface area contributed by atoms with Gasteiger partial charge in [0.25, 0.3) is 0 Å². The first-order valence-electron chi connectivity index (χ1n) is 6.24. The number of thioether (sulfide) groups is 1. The first-order valence-corrected chi connectivity index (χ1v) is 8.04. The molecule has 1 aromatic heterocycles. The van der Waals surface area contributed by atoms with Crippen LogP contribution in [0.4, 0.5) is 10.8 Å². The van der Waals surface area contributed by atoms with Gasteiger partial charge in [-0.05, 0) is 19.1 Å². The highest BCUT2D eigenvalue weighted by Crippen LogP contribution is 2.28. The van der Waals surface area contributed by atoms with Gasteiger partial charge in [0.2, 0.25) is 5.13 Å². The zero-order valence-electron chi connectivity index (χ0n) is 11.7. The quantitative estimate of drug-likeness (QED) is 0.619. The zero-order valence-corrected chi connectivity index (χ0v) is 13.3. The number of carbonyl (C=O) groups is 1. The summed E-state index contributed by atoms with van der Waals surface area (Å²) >= 11 is 2.70. The summed E-state index contributed by atoms with van der Waals surface area (Å²) in [5, 5.41) is 11.9. The Kier molecular flexibility index (Phi) is 5.82. The van der Waals surface area contributed by atoms with Crippen molar-refractivity contribution in [1.29, 1.82) is 0 Å². The fourth-order valence-electron chi connectivity index (χ4n) is 1.47. The van der Waals surface area contributed by atoms with E-state index >= 15 is 0 Å². The molecule has 1 heterocycles. The highest BCUT2D eigenvalue weighted by Gasteiger charge is 2.09. The molecule has 0 fully saturated rings. The average molecular weight is 325 g/mol. The van der Waals surface area contributed by atoms with Crippen LogP contribution in [0.25, 0.3) is 0 Å². The highest BCUT2D eigenvalue weighted by molar-refractivity contribution is 8.01. The lowest BCUT2D eigenvalue weighted by Gasteiger charge is -2.04. The number of hydrogen-bond donors (Lipinski definition) is 1. The van der Waals surface area contributed by atoms with Crippen LogP contribution in [-0.4, -0.2) is 35.6 Å². The van der Waals surface area contributed by atoms with Crippen LogP contribution < -0.4 is 10.1 Å². The maximum Gasteiger partial charge on any atom is 0.316 e. The molecule has 2 aromatic rings. The van der Waals surface area contributed by atoms with E-state index in [1.54, 1.807) is 14.0 Å². The molecule has 0 spiro atoms. The van der Waals surface area contributed by atoms with Crippen LogP contribution in [0, 0.1) is 0 Å². The Hall–Kier alpha value is -1.80. The van der Waals surface area contributed by atoms with Crippen LogP contribution in [0.1, 0.15) is 6.92 Å². The topological polar surface area (TPSA) is 73.3 Å². The molecule has 6 nitrogen and oxygen atoms in total. The second kappa shape index (κ2) is 7.84. The van der Waals surface area contributed by atoms with Crippen LogP contribution in [0.5, 0.6) is 5.75 Å². The van der Waals surface area contributed by atoms with Gasteiger partial charge in [-0.1, -0.05) is 29.2 Å². The third-order valence-electron chi connectivity index (χ3n) is 2.35. The van der Waals surface area contributed by atoms with Crippen LogP contribution in [0.3, 0.4) is 0 Å². The second-order valence-electron chi connectivity index (χ2n) is 3.82. The smallest absolute Gasteiger partial charge is 0.316 e. The van der Waals surface area contributed by atoms with Crippen LogP contribution in [0.15, 0.2) is 28.6 Å². The number of rotatable bonds is 7. The van der Waals surface area contributed by atoms with Gasteiger partial charge in [-0.3, -0.25) is 4.79 Å². The minimum Gasteiger partial charge on any atom is -0.497 e. The lowest BCUT2D eigenvalue weighted by atomic mass is 10.3. The second-order valence-corrected chi connectivity index (χ2v) is 6.02. The number of ether oxygens (including phenoxy) is 2. The average Bonchev–Trinajstić information content (AvgIpc) is 2.93. The molecule has 0 atom stereocenters. The Balaban J connectivity index is 1.92. The van der Waals surface area contributed by atoms with Crippen LogP contribution >= 0.6 is 23.1 Å². The minimum absolute atomic E-state index is 0.238. The molecule has 0 bridgehead atoms. The van der Waals surface area contributed by atoms with Crippen LogP contribution in [-0.2, 0) is 9.53 Å². The number of anilines is 2. The van der Waals surface area contributed by atoms with Gasteiger partial charge in [-0.25, -0.2) is 0 Å². The summed E-state index contributed by atoms with van der Waals surface area (Å²) in [5.41, 5.74) is 0.868. The molecule has 0 saturated carbocycles. The van der Waals surface area contributed by atoms with Crippen molar-refractivity contribution >= 4 is 39.9 Å². The lowest BCUT2D eigenvalue weighted by Crippen LogP contribution is -2.06. The first kappa shape index (κ1) is 15.6. The van der Waals surface area contributed by atoms with E-state index in [0.717, 1.165) is 11.4 Å². The summed E-state index contributed by atoms with van der Waals surface area (Å²) in [5.74, 6) is 0.753. The standard InChI is InChI=1S/C13H15N3O3S2/c1-3-19-11(17)8-20-13-16-15-12(21-13)14-9-5-4-6-10(7-9)18-2/h4-7H,3,8H2,1-2H3,(H,14,15). The highest BCUT2D eigenvalue weighted by atomic mass is 32.2. The summed E-state index contributed by atoms with van der Waals surface area (Å²) in [7, 11) is 1.62. The molecular weight excluding hydrogens is 310 g/mol. The molecule has 1 N–H and O–H groups in total. The van der Waals surface area contributed by atoms with Crippen molar-refractivity contribution in [2.45, 2.75) is 11.3 Å². The van der Waals surface area contributed by atoms with Crippen molar-refractivity contribution < 1.29 is 14.3 Å². The van der Waals surface area contributed by atoms with Gasteiger partial charge >= 0.3 is 5.97 Å². The van der Waals surface area contributed by atoms with E-state index in [1.165, 1.54) is 23.1 Å². The maximum absolute atomic E-state index is 11.3. The Morgan fingerprint density at radius 2 is 2.29 bits per heavy atom. The summed E-state index contributed by atoms with van der Waals surface area (Å²) in [6.07, 6.45) is 0. The summed E-state index contributed by atoms with van der Waals surface area (Å²) in [6, 6.07) is 7.53. The molecule has 2 rings (SSSR count). The van der Waals surface area contributed by atoms with Crippen molar-refractivity contribution in [3.8, 4) is 5.75 Å². The summed E-state index contributed by atoms with van der Waals surface area (Å²) in [6.45, 7) is 2.17. The van der Waals surface area contributed by atoms with E-state index in [1.807, 2.05) is 24.3 Å². The van der Waals surface area contributed by atoms with Crippen molar-refractivity contribution in [3.05, 3.63) is 24.3 Å². The molecule has 0 aliphatic carbocycles. The third-order valence-corrected chi connectivity index (χ3v) is 4.29. The number of benzene rings is 1. The zero-order chi connectivity index (χ0) is 15.1. The lowest BCUT2D eigenvalue weighted by molar-refractivity contribution is -0.139.